The molecular formula is C26H27N9O. The van der Waals surface area contributed by atoms with Crippen LogP contribution in [-0.2, 0) is 4.79 Å². The smallest absolute Gasteiger partial charge is 0.224 e. The molecule has 10 nitrogen and oxygen atoms in total. The van der Waals surface area contributed by atoms with Gasteiger partial charge in [-0.25, -0.2) is 4.98 Å². The van der Waals surface area contributed by atoms with Gasteiger partial charge < -0.3 is 20.1 Å². The molecule has 1 aliphatic heterocycles. The van der Waals surface area contributed by atoms with Crippen molar-refractivity contribution in [2.24, 2.45) is 0 Å². The molecule has 0 aliphatic carbocycles. The summed E-state index contributed by atoms with van der Waals surface area (Å²) in [4.78, 5) is 33.4. The number of rotatable bonds is 5. The van der Waals surface area contributed by atoms with Gasteiger partial charge in [-0.1, -0.05) is 6.92 Å². The number of carbonyl (C=O) groups is 1. The first kappa shape index (κ1) is 22.2. The van der Waals surface area contributed by atoms with Crippen molar-refractivity contribution in [1.29, 1.82) is 0 Å². The van der Waals surface area contributed by atoms with Crippen molar-refractivity contribution in [3.05, 3.63) is 49.2 Å². The number of aromatic nitrogens is 6. The number of nitrogens with one attached hydrogen (secondary N) is 3. The third kappa shape index (κ3) is 4.05. The topological polar surface area (TPSA) is 119 Å². The van der Waals surface area contributed by atoms with Gasteiger partial charge in [0.1, 0.15) is 0 Å². The molecule has 0 bridgehead atoms. The maximum Gasteiger partial charge on any atom is 0.224 e. The minimum atomic E-state index is -0.0520. The lowest BCUT2D eigenvalue weighted by atomic mass is 10.1. The Hall–Kier alpha value is -4.31. The Kier molecular flexibility index (Phi) is 5.57. The maximum atomic E-state index is 11.8. The van der Waals surface area contributed by atoms with E-state index in [9.17, 15) is 4.79 Å². The van der Waals surface area contributed by atoms with Crippen LogP contribution in [0.2, 0.25) is 0 Å². The molecule has 5 aromatic rings. The highest BCUT2D eigenvalue weighted by Crippen LogP contribution is 2.34. The van der Waals surface area contributed by atoms with Crippen molar-refractivity contribution < 1.29 is 4.79 Å². The molecule has 36 heavy (non-hydrogen) atoms. The number of aromatic amines is 2. The lowest BCUT2D eigenvalue weighted by Crippen LogP contribution is -2.44. The van der Waals surface area contributed by atoms with Gasteiger partial charge in [-0.15, -0.1) is 0 Å². The van der Waals surface area contributed by atoms with Gasteiger partial charge in [0.05, 0.1) is 46.9 Å². The predicted octanol–water partition coefficient (Wildman–Crippen LogP) is 3.66. The zero-order valence-corrected chi connectivity index (χ0v) is 20.2. The third-order valence-electron chi connectivity index (χ3n) is 6.72. The SMILES string of the molecule is CCC(=O)Nc1cncc(-c2cnc3n[nH]c(-c4cc5c(N6CCN(C)CC6)cncc5[nH]4)c3c2)c1. The maximum absolute atomic E-state index is 11.8. The molecule has 0 unspecified atom stereocenters. The molecule has 0 saturated carbocycles. The molecule has 182 valence electrons. The van der Waals surface area contributed by atoms with Crippen LogP contribution in [0.4, 0.5) is 11.4 Å². The van der Waals surface area contributed by atoms with Crippen molar-refractivity contribution in [2.75, 3.05) is 43.4 Å². The molecule has 1 fully saturated rings. The number of fused-ring (bicyclic) bond motifs is 2. The van der Waals surface area contributed by atoms with E-state index in [1.165, 1.54) is 0 Å². The number of hydrogen-bond donors (Lipinski definition) is 3. The molecule has 3 N–H and O–H groups in total. The average molecular weight is 482 g/mol. The quantitative estimate of drug-likeness (QED) is 0.350. The summed E-state index contributed by atoms with van der Waals surface area (Å²) in [6.45, 7) is 5.84. The molecule has 0 atom stereocenters. The highest BCUT2D eigenvalue weighted by molar-refractivity contribution is 5.99. The van der Waals surface area contributed by atoms with Crippen molar-refractivity contribution >= 4 is 39.2 Å². The van der Waals surface area contributed by atoms with Gasteiger partial charge in [-0.3, -0.25) is 19.9 Å². The fourth-order valence-electron chi connectivity index (χ4n) is 4.65. The number of likely N-dealkylation sites (N-methyl/N-ethyl adjacent to an activating group) is 1. The predicted molar refractivity (Wildman–Crippen MR) is 141 cm³/mol. The summed E-state index contributed by atoms with van der Waals surface area (Å²) < 4.78 is 0. The number of carbonyl (C=O) groups excluding carboxylic acids is 1. The van der Waals surface area contributed by atoms with Crippen LogP contribution in [0, 0.1) is 0 Å². The minimum Gasteiger partial charge on any atom is -0.367 e. The lowest BCUT2D eigenvalue weighted by molar-refractivity contribution is -0.115. The normalized spacial score (nSPS) is 14.6. The van der Waals surface area contributed by atoms with Crippen molar-refractivity contribution in [3.63, 3.8) is 0 Å². The van der Waals surface area contributed by atoms with Gasteiger partial charge in [-0.2, -0.15) is 5.10 Å². The molecule has 0 spiro atoms. The summed E-state index contributed by atoms with van der Waals surface area (Å²) in [6, 6.07) is 6.11. The standard InChI is InChI=1S/C26H27N9O/c1-3-24(36)30-18-8-16(11-27-13-18)17-9-20-25(32-33-26(20)29-12-17)21-10-19-22(31-21)14-28-15-23(19)35-6-4-34(2)5-7-35/h8-15,31H,3-7H2,1-2H3,(H,30,36)(H,29,32,33). The number of H-pyrrole nitrogens is 2. The lowest BCUT2D eigenvalue weighted by Gasteiger charge is -2.34. The highest BCUT2D eigenvalue weighted by atomic mass is 16.1. The van der Waals surface area contributed by atoms with Crippen molar-refractivity contribution in [2.45, 2.75) is 13.3 Å². The first-order chi connectivity index (χ1) is 17.6. The first-order valence-electron chi connectivity index (χ1n) is 12.1. The second-order valence-corrected chi connectivity index (χ2v) is 9.15. The van der Waals surface area contributed by atoms with E-state index in [0.717, 1.165) is 70.7 Å². The number of pyridine rings is 3. The number of piperazine rings is 1. The summed E-state index contributed by atoms with van der Waals surface area (Å²) >= 11 is 0. The molecule has 10 heteroatoms. The van der Waals surface area contributed by atoms with Gasteiger partial charge in [0, 0.05) is 66.9 Å². The van der Waals surface area contributed by atoms with E-state index in [1.807, 2.05) is 25.4 Å². The number of hydrogen-bond acceptors (Lipinski definition) is 7. The summed E-state index contributed by atoms with van der Waals surface area (Å²) in [5, 5.41) is 12.5. The Bertz CT molecular complexity index is 1560. The number of amides is 1. The summed E-state index contributed by atoms with van der Waals surface area (Å²) in [5.74, 6) is -0.0520. The summed E-state index contributed by atoms with van der Waals surface area (Å²) in [5.41, 5.74) is 6.96. The van der Waals surface area contributed by atoms with E-state index in [-0.39, 0.29) is 5.91 Å². The molecule has 6 heterocycles. The molecule has 1 amide bonds. The fourth-order valence-corrected chi connectivity index (χ4v) is 4.65. The Morgan fingerprint density at radius 2 is 1.78 bits per heavy atom. The number of anilines is 2. The van der Waals surface area contributed by atoms with Gasteiger partial charge in [0.25, 0.3) is 0 Å². The van der Waals surface area contributed by atoms with E-state index in [1.54, 1.807) is 18.6 Å². The van der Waals surface area contributed by atoms with E-state index in [2.05, 4.69) is 64.4 Å². The van der Waals surface area contributed by atoms with Crippen LogP contribution in [0.5, 0.6) is 0 Å². The molecule has 0 aromatic carbocycles. The van der Waals surface area contributed by atoms with Crippen LogP contribution in [0.15, 0.2) is 49.2 Å². The van der Waals surface area contributed by atoms with Crippen molar-refractivity contribution in [1.82, 2.24) is 35.0 Å². The molecular weight excluding hydrogens is 454 g/mol. The van der Waals surface area contributed by atoms with Gasteiger partial charge in [0.2, 0.25) is 5.91 Å². The third-order valence-corrected chi connectivity index (χ3v) is 6.72. The fraction of sp³-hybridized carbons (Fsp3) is 0.269. The highest BCUT2D eigenvalue weighted by Gasteiger charge is 2.19. The van der Waals surface area contributed by atoms with Gasteiger partial charge in [0.15, 0.2) is 5.65 Å². The average Bonchev–Trinajstić information content (AvgIpc) is 3.53. The van der Waals surface area contributed by atoms with Crippen molar-refractivity contribution in [3.8, 4) is 22.5 Å². The number of nitrogens with zero attached hydrogens (tertiary/aromatic N) is 6. The second-order valence-electron chi connectivity index (χ2n) is 9.15. The van der Waals surface area contributed by atoms with Crippen LogP contribution in [0.3, 0.4) is 0 Å². The molecule has 5 aromatic heterocycles. The Labute approximate surface area is 207 Å². The van der Waals surface area contributed by atoms with Crippen LogP contribution in [-0.4, -0.2) is 74.2 Å². The van der Waals surface area contributed by atoms with Crippen LogP contribution in [0.25, 0.3) is 44.5 Å². The summed E-state index contributed by atoms with van der Waals surface area (Å²) in [6.07, 6.45) is 9.41. The van der Waals surface area contributed by atoms with Crippen LogP contribution in [0.1, 0.15) is 13.3 Å². The van der Waals surface area contributed by atoms with Gasteiger partial charge >= 0.3 is 0 Å². The van der Waals surface area contributed by atoms with Crippen LogP contribution < -0.4 is 10.2 Å². The molecule has 0 radical (unpaired) electrons. The zero-order chi connectivity index (χ0) is 24.6. The van der Waals surface area contributed by atoms with Gasteiger partial charge in [-0.05, 0) is 25.2 Å². The minimum absolute atomic E-state index is 0.0520. The van der Waals surface area contributed by atoms with E-state index < -0.39 is 0 Å². The van der Waals surface area contributed by atoms with E-state index in [4.69, 9.17) is 0 Å². The van der Waals surface area contributed by atoms with E-state index >= 15 is 0 Å². The summed E-state index contributed by atoms with van der Waals surface area (Å²) in [7, 11) is 2.16. The Morgan fingerprint density at radius 3 is 2.61 bits per heavy atom. The second kappa shape index (κ2) is 9.04. The Balaban J connectivity index is 1.38. The molecule has 1 saturated heterocycles. The Morgan fingerprint density at radius 1 is 0.972 bits per heavy atom. The zero-order valence-electron chi connectivity index (χ0n) is 20.2. The van der Waals surface area contributed by atoms with E-state index in [0.29, 0.717) is 17.8 Å². The largest absolute Gasteiger partial charge is 0.367 e. The monoisotopic (exact) mass is 481 g/mol. The molecule has 1 aliphatic rings. The molecule has 6 rings (SSSR count). The first-order valence-corrected chi connectivity index (χ1v) is 12.1. The van der Waals surface area contributed by atoms with Crippen LogP contribution >= 0.6 is 0 Å².